The number of nitrogens with two attached hydrogens (primary N) is 1. The van der Waals surface area contributed by atoms with Crippen molar-refractivity contribution in [2.75, 3.05) is 43.9 Å². The lowest BCUT2D eigenvalue weighted by atomic mass is 10.1. The molecule has 0 aromatic heterocycles. The van der Waals surface area contributed by atoms with Crippen molar-refractivity contribution >= 4 is 29.2 Å². The molecule has 4 N–H and O–H groups in total. The second-order valence-corrected chi connectivity index (χ2v) is 6.05. The van der Waals surface area contributed by atoms with Crippen LogP contribution in [-0.2, 0) is 0 Å². The number of hydrogen-bond donors (Lipinski definition) is 3. The lowest BCUT2D eigenvalue weighted by Gasteiger charge is -2.41. The van der Waals surface area contributed by atoms with Crippen molar-refractivity contribution in [3.8, 4) is 0 Å². The number of benzene rings is 1. The Morgan fingerprint density at radius 2 is 2.05 bits per heavy atom. The highest BCUT2D eigenvalue weighted by atomic mass is 35.5. The third kappa shape index (κ3) is 2.71. The number of halogens is 1. The molecule has 1 atom stereocenters. The highest BCUT2D eigenvalue weighted by Crippen LogP contribution is 2.30. The molecule has 7 heteroatoms. The fourth-order valence-electron chi connectivity index (χ4n) is 3.06. The van der Waals surface area contributed by atoms with Gasteiger partial charge in [-0.1, -0.05) is 11.6 Å². The van der Waals surface area contributed by atoms with Gasteiger partial charge in [0.25, 0.3) is 0 Å². The Bertz CT molecular complexity index is 594. The summed E-state index contributed by atoms with van der Waals surface area (Å²) in [5, 5.41) is 11.6. The van der Waals surface area contributed by atoms with E-state index in [1.807, 2.05) is 18.5 Å². The molecular formula is C15H21ClN6. The summed E-state index contributed by atoms with van der Waals surface area (Å²) in [5.41, 5.74) is 8.24. The molecule has 0 spiro atoms. The zero-order chi connectivity index (χ0) is 15.7. The molecule has 1 fully saturated rings. The highest BCUT2D eigenvalue weighted by Gasteiger charge is 2.27. The third-order valence-electron chi connectivity index (χ3n) is 4.24. The summed E-state index contributed by atoms with van der Waals surface area (Å²) >= 11 is 6.13. The summed E-state index contributed by atoms with van der Waals surface area (Å²) in [6.45, 7) is 3.64. The standard InChI is InChI=1S/C15H21ClN6/c1-20-3-2-19-15(20)22-6-4-21(5-7-22)14-9-11(16)8-13(18)12(14)10-17/h2-3,8-10,15,17,19H,4-7,18H2,1H3. The molecule has 118 valence electrons. The second kappa shape index (κ2) is 6.06. The number of piperazine rings is 1. The first-order chi connectivity index (χ1) is 10.6. The van der Waals surface area contributed by atoms with Crippen LogP contribution in [0.5, 0.6) is 0 Å². The summed E-state index contributed by atoms with van der Waals surface area (Å²) in [4.78, 5) is 6.81. The molecule has 0 aliphatic carbocycles. The molecule has 1 aromatic carbocycles. The molecule has 2 aliphatic rings. The fraction of sp³-hybridized carbons (Fsp3) is 0.400. The quantitative estimate of drug-likeness (QED) is 0.579. The fourth-order valence-corrected chi connectivity index (χ4v) is 3.28. The van der Waals surface area contributed by atoms with Crippen molar-refractivity contribution in [3.63, 3.8) is 0 Å². The van der Waals surface area contributed by atoms with Gasteiger partial charge in [0, 0.05) is 73.8 Å². The molecular weight excluding hydrogens is 300 g/mol. The Morgan fingerprint density at radius 3 is 2.64 bits per heavy atom. The van der Waals surface area contributed by atoms with E-state index in [-0.39, 0.29) is 6.29 Å². The molecule has 0 amide bonds. The van der Waals surface area contributed by atoms with Gasteiger partial charge < -0.3 is 26.3 Å². The van der Waals surface area contributed by atoms with Crippen LogP contribution < -0.4 is 16.0 Å². The van der Waals surface area contributed by atoms with E-state index in [1.165, 1.54) is 6.21 Å². The molecule has 6 nitrogen and oxygen atoms in total. The van der Waals surface area contributed by atoms with Crippen LogP contribution in [0.25, 0.3) is 0 Å². The van der Waals surface area contributed by atoms with Crippen molar-refractivity contribution in [2.24, 2.45) is 0 Å². The van der Waals surface area contributed by atoms with Crippen LogP contribution in [0.1, 0.15) is 5.56 Å². The number of anilines is 2. The minimum atomic E-state index is 0.230. The zero-order valence-corrected chi connectivity index (χ0v) is 13.3. The van der Waals surface area contributed by atoms with Gasteiger partial charge in [0.05, 0.1) is 0 Å². The number of hydrogen-bond acceptors (Lipinski definition) is 6. The normalized spacial score (nSPS) is 22.0. The Morgan fingerprint density at radius 1 is 1.32 bits per heavy atom. The molecule has 1 aromatic rings. The average Bonchev–Trinajstić information content (AvgIpc) is 2.93. The van der Waals surface area contributed by atoms with E-state index in [1.54, 1.807) is 6.07 Å². The SMILES string of the molecule is CN1C=CNC1N1CCN(c2cc(Cl)cc(N)c2C=N)CC1. The first-order valence-corrected chi connectivity index (χ1v) is 7.71. The second-order valence-electron chi connectivity index (χ2n) is 5.62. The van der Waals surface area contributed by atoms with Crippen molar-refractivity contribution in [1.82, 2.24) is 15.1 Å². The molecule has 0 bridgehead atoms. The lowest BCUT2D eigenvalue weighted by molar-refractivity contribution is 0.0839. The summed E-state index contributed by atoms with van der Waals surface area (Å²) in [5.74, 6) is 0. The van der Waals surface area contributed by atoms with E-state index < -0.39 is 0 Å². The zero-order valence-electron chi connectivity index (χ0n) is 12.6. The van der Waals surface area contributed by atoms with Crippen molar-refractivity contribution < 1.29 is 0 Å². The minimum absolute atomic E-state index is 0.230. The number of rotatable bonds is 3. The van der Waals surface area contributed by atoms with Crippen LogP contribution in [0, 0.1) is 5.41 Å². The predicted molar refractivity (Wildman–Crippen MR) is 91.4 cm³/mol. The van der Waals surface area contributed by atoms with E-state index >= 15 is 0 Å². The third-order valence-corrected chi connectivity index (χ3v) is 4.46. The van der Waals surface area contributed by atoms with Gasteiger partial charge in [-0.3, -0.25) is 4.90 Å². The molecule has 2 aliphatic heterocycles. The Labute approximate surface area is 135 Å². The van der Waals surface area contributed by atoms with Gasteiger partial charge in [0.15, 0.2) is 6.29 Å². The van der Waals surface area contributed by atoms with Crippen molar-refractivity contribution in [1.29, 1.82) is 5.41 Å². The molecule has 3 rings (SSSR count). The van der Waals surface area contributed by atoms with Gasteiger partial charge >= 0.3 is 0 Å². The maximum atomic E-state index is 7.61. The minimum Gasteiger partial charge on any atom is -0.398 e. The monoisotopic (exact) mass is 320 g/mol. The van der Waals surface area contributed by atoms with Crippen molar-refractivity contribution in [2.45, 2.75) is 6.29 Å². The Kier molecular flexibility index (Phi) is 4.13. The van der Waals surface area contributed by atoms with E-state index in [0.717, 1.165) is 37.4 Å². The number of nitrogen functional groups attached to an aromatic ring is 1. The van der Waals surface area contributed by atoms with Crippen LogP contribution in [0.2, 0.25) is 5.02 Å². The van der Waals surface area contributed by atoms with Crippen LogP contribution in [0.3, 0.4) is 0 Å². The van der Waals surface area contributed by atoms with E-state index in [9.17, 15) is 0 Å². The summed E-state index contributed by atoms with van der Waals surface area (Å²) in [6, 6.07) is 3.60. The largest absolute Gasteiger partial charge is 0.398 e. The lowest BCUT2D eigenvalue weighted by Crippen LogP contribution is -2.57. The van der Waals surface area contributed by atoms with Gasteiger partial charge in [0.2, 0.25) is 0 Å². The van der Waals surface area contributed by atoms with Crippen LogP contribution in [0.4, 0.5) is 11.4 Å². The smallest absolute Gasteiger partial charge is 0.157 e. The average molecular weight is 321 g/mol. The molecule has 22 heavy (non-hydrogen) atoms. The molecule has 2 heterocycles. The molecule has 1 unspecified atom stereocenters. The Balaban J connectivity index is 1.73. The van der Waals surface area contributed by atoms with Gasteiger partial charge in [0.1, 0.15) is 0 Å². The van der Waals surface area contributed by atoms with Gasteiger partial charge in [-0.05, 0) is 12.1 Å². The van der Waals surface area contributed by atoms with E-state index in [0.29, 0.717) is 10.7 Å². The van der Waals surface area contributed by atoms with Crippen LogP contribution in [0.15, 0.2) is 24.5 Å². The summed E-state index contributed by atoms with van der Waals surface area (Å²) in [7, 11) is 2.07. The first kappa shape index (κ1) is 15.0. The highest BCUT2D eigenvalue weighted by molar-refractivity contribution is 6.31. The predicted octanol–water partition coefficient (Wildman–Crippen LogP) is 1.33. The van der Waals surface area contributed by atoms with Gasteiger partial charge in [-0.15, -0.1) is 0 Å². The Hall–Kier alpha value is -1.92. The number of nitrogens with one attached hydrogen (secondary N) is 2. The van der Waals surface area contributed by atoms with E-state index in [2.05, 4.69) is 27.1 Å². The van der Waals surface area contributed by atoms with Gasteiger partial charge in [-0.2, -0.15) is 0 Å². The number of nitrogens with zero attached hydrogens (tertiary/aromatic N) is 3. The maximum Gasteiger partial charge on any atom is 0.157 e. The summed E-state index contributed by atoms with van der Waals surface area (Å²) in [6.07, 6.45) is 5.56. The maximum absolute atomic E-state index is 7.61. The molecule has 0 saturated carbocycles. The van der Waals surface area contributed by atoms with Gasteiger partial charge in [-0.25, -0.2) is 0 Å². The van der Waals surface area contributed by atoms with Crippen molar-refractivity contribution in [3.05, 3.63) is 35.1 Å². The van der Waals surface area contributed by atoms with Crippen LogP contribution >= 0.6 is 11.6 Å². The van der Waals surface area contributed by atoms with Crippen LogP contribution in [-0.4, -0.2) is 55.5 Å². The van der Waals surface area contributed by atoms with E-state index in [4.69, 9.17) is 22.7 Å². The molecule has 0 radical (unpaired) electrons. The topological polar surface area (TPSA) is 71.6 Å². The summed E-state index contributed by atoms with van der Waals surface area (Å²) < 4.78 is 0. The molecule has 1 saturated heterocycles. The first-order valence-electron chi connectivity index (χ1n) is 7.33.